The number of thiazole rings is 2. The Morgan fingerprint density at radius 3 is 0.724 bits per heavy atom. The Bertz CT molecular complexity index is 4180. The van der Waals surface area contributed by atoms with Gasteiger partial charge in [-0.3, -0.25) is 9.59 Å². The van der Waals surface area contributed by atoms with Crippen LogP contribution in [0.4, 0.5) is 0 Å². The van der Waals surface area contributed by atoms with Gasteiger partial charge in [0.1, 0.15) is 56.0 Å². The van der Waals surface area contributed by atoms with Gasteiger partial charge < -0.3 is 37.9 Å². The summed E-state index contributed by atoms with van der Waals surface area (Å²) in [4.78, 5) is 38.8. The molecule has 2 aliphatic rings. The van der Waals surface area contributed by atoms with E-state index in [0.29, 0.717) is 62.6 Å². The number of hydrogen-bond acceptors (Lipinski definition) is 16. The van der Waals surface area contributed by atoms with Crippen molar-refractivity contribution >= 4 is 67.3 Å². The van der Waals surface area contributed by atoms with Crippen LogP contribution in [-0.2, 0) is 10.8 Å². The highest BCUT2D eigenvalue weighted by molar-refractivity contribution is 7.32. The van der Waals surface area contributed by atoms with Crippen LogP contribution in [0.1, 0.15) is 325 Å². The maximum atomic E-state index is 12.7. The quantitative estimate of drug-likeness (QED) is 0.0265. The summed E-state index contributed by atoms with van der Waals surface area (Å²) >= 11 is 6.56. The summed E-state index contributed by atoms with van der Waals surface area (Å²) in [6.45, 7) is 22.4. The maximum absolute atomic E-state index is 12.7. The standard InChI is InChI=1S/C100H126N2O10S4/c1-9-17-25-33-45-105-77-55-73(56-78(63-77)106-46-34-26-18-10-2)99(74-57-79(107-47-35-27-19-11-3)64-80(58-74)108-48-36-28-20-12-4)89-53-71(97-101-67-85(69-103)113-97)41-43-87(89)93-91(99)95-96(115-93)92-94(116-95)88-44-42-72(98-102-68-86(70-104)114-98)54-90(88)100(92,75-59-81(109-49-37-29-21-13-5)65-82(60-75)110-50-38-30-22-14-6)76-61-83(111-51-39-31-23-15-7)66-84(62-76)112-52-40-32-24-16-8/h41-44,53-70H,9-40,45-52H2,1-8H3. The largest absolute Gasteiger partial charge is 0.493 e. The molecule has 0 saturated heterocycles. The van der Waals surface area contributed by atoms with Gasteiger partial charge in [0.05, 0.1) is 82.8 Å². The number of aromatic nitrogens is 2. The van der Waals surface area contributed by atoms with Crippen molar-refractivity contribution in [2.75, 3.05) is 52.9 Å². The minimum Gasteiger partial charge on any atom is -0.493 e. The molecule has 0 saturated carbocycles. The Labute approximate surface area is 708 Å². The number of unbranched alkanes of at least 4 members (excludes halogenated alkanes) is 24. The minimum atomic E-state index is -1.14. The molecule has 4 heterocycles. The molecule has 0 amide bonds. The van der Waals surface area contributed by atoms with Gasteiger partial charge in [-0.25, -0.2) is 9.97 Å². The average Bonchev–Trinajstić information content (AvgIpc) is 1.49. The summed E-state index contributed by atoms with van der Waals surface area (Å²) in [6, 6.07) is 40.7. The molecule has 0 fully saturated rings. The molecule has 0 spiro atoms. The SMILES string of the molecule is CCCCCCOc1cc(OCCCCCC)cc(C2(c3cc(OCCCCCC)cc(OCCCCCC)c3)c3cc(-c4ncc(C=O)s4)ccc3-c3sc4c5c(sc4c32)-c2ccc(-c3ncc(C=O)s3)cc2C5(c2cc(OCCCCCC)cc(OCCCCCC)c2)c2cc(OCCCCCC)cc(OCCCCCC)c2)c1. The molecule has 4 aromatic heterocycles. The number of rotatable bonds is 56. The number of aldehydes is 2. The second kappa shape index (κ2) is 44.7. The van der Waals surface area contributed by atoms with Gasteiger partial charge in [0.15, 0.2) is 12.6 Å². The van der Waals surface area contributed by atoms with Crippen LogP contribution in [0.5, 0.6) is 46.0 Å². The summed E-state index contributed by atoms with van der Waals surface area (Å²) < 4.78 is 59.3. The molecule has 0 N–H and O–H groups in total. The first kappa shape index (κ1) is 87.3. The average molecular weight is 1640 g/mol. The number of carbonyl (C=O) groups excluding carboxylic acids is 2. The van der Waals surface area contributed by atoms with E-state index in [1.165, 1.54) is 22.7 Å². The summed E-state index contributed by atoms with van der Waals surface area (Å²) in [6.07, 6.45) is 39.1. The van der Waals surface area contributed by atoms with Crippen molar-refractivity contribution in [2.45, 2.75) is 272 Å². The molecule has 12 rings (SSSR count). The number of thiophene rings is 2. The molecule has 0 unspecified atom stereocenters. The highest BCUT2D eigenvalue weighted by atomic mass is 32.1. The van der Waals surface area contributed by atoms with Crippen molar-refractivity contribution in [3.63, 3.8) is 0 Å². The fourth-order valence-electron chi connectivity index (χ4n) is 16.7. The van der Waals surface area contributed by atoms with Crippen molar-refractivity contribution in [3.8, 4) is 88.0 Å². The monoisotopic (exact) mass is 1640 g/mol. The van der Waals surface area contributed by atoms with Crippen LogP contribution in [0.25, 0.3) is 51.4 Å². The van der Waals surface area contributed by atoms with Crippen molar-refractivity contribution in [1.82, 2.24) is 9.97 Å². The van der Waals surface area contributed by atoms with Gasteiger partial charge in [0.2, 0.25) is 0 Å². The van der Waals surface area contributed by atoms with Crippen LogP contribution < -0.4 is 37.9 Å². The predicted octanol–water partition coefficient (Wildman–Crippen LogP) is 29.2. The summed E-state index contributed by atoms with van der Waals surface area (Å²) in [5.41, 5.74) is 10.1. The van der Waals surface area contributed by atoms with Gasteiger partial charge in [-0.2, -0.15) is 0 Å². The number of benzene rings is 6. The first-order valence-electron chi connectivity index (χ1n) is 44.5. The lowest BCUT2D eigenvalue weighted by molar-refractivity contribution is 0.111. The normalized spacial score (nSPS) is 12.9. The van der Waals surface area contributed by atoms with Crippen molar-refractivity contribution in [2.24, 2.45) is 0 Å². The molecule has 2 aliphatic carbocycles. The third-order valence-corrected chi connectivity index (χ3v) is 27.3. The third-order valence-electron chi connectivity index (χ3n) is 22.8. The van der Waals surface area contributed by atoms with Crippen LogP contribution in [0.2, 0.25) is 0 Å². The molecule has 6 aromatic carbocycles. The fourth-order valence-corrected chi connectivity index (χ4v) is 21.3. The number of fused-ring (bicyclic) bond motifs is 9. The molecule has 12 nitrogen and oxygen atoms in total. The van der Waals surface area contributed by atoms with Gasteiger partial charge in [0.25, 0.3) is 0 Å². The topological polar surface area (TPSA) is 134 Å². The van der Waals surface area contributed by atoms with Crippen LogP contribution in [0, 0.1) is 0 Å². The molecule has 0 radical (unpaired) electrons. The lowest BCUT2D eigenvalue weighted by Crippen LogP contribution is -2.29. The minimum absolute atomic E-state index is 0.552. The number of nitrogens with zero attached hydrogens (tertiary/aromatic N) is 2. The van der Waals surface area contributed by atoms with Gasteiger partial charge >= 0.3 is 0 Å². The summed E-state index contributed by atoms with van der Waals surface area (Å²) in [5, 5.41) is 1.52. The molecule has 0 atom stereocenters. The van der Waals surface area contributed by atoms with E-state index in [0.717, 1.165) is 360 Å². The van der Waals surface area contributed by atoms with Gasteiger partial charge in [-0.15, -0.1) is 45.3 Å². The lowest BCUT2D eigenvalue weighted by atomic mass is 9.66. The van der Waals surface area contributed by atoms with Crippen LogP contribution in [0.3, 0.4) is 0 Å². The smallest absolute Gasteiger partial charge is 0.161 e. The Kier molecular flexibility index (Phi) is 33.6. The van der Waals surface area contributed by atoms with Gasteiger partial charge in [-0.1, -0.05) is 234 Å². The molecule has 16 heteroatoms. The Hall–Kier alpha value is -8.02. The molecule has 10 aromatic rings. The van der Waals surface area contributed by atoms with Crippen LogP contribution in [0.15, 0.2) is 122 Å². The molecule has 620 valence electrons. The fraction of sp³-hybridized carbons (Fsp3) is 0.500. The molecular formula is C100H126N2O10S4. The van der Waals surface area contributed by atoms with E-state index in [-0.39, 0.29) is 0 Å². The number of ether oxygens (including phenoxy) is 8. The predicted molar refractivity (Wildman–Crippen MR) is 484 cm³/mol. The molecule has 116 heavy (non-hydrogen) atoms. The van der Waals surface area contributed by atoms with E-state index in [2.05, 4.69) is 165 Å². The first-order valence-corrected chi connectivity index (χ1v) is 47.7. The Morgan fingerprint density at radius 1 is 0.284 bits per heavy atom. The number of hydrogen-bond donors (Lipinski definition) is 0. The van der Waals surface area contributed by atoms with E-state index in [4.69, 9.17) is 47.9 Å². The van der Waals surface area contributed by atoms with E-state index in [1.807, 2.05) is 22.7 Å². The first-order chi connectivity index (χ1) is 57.1. The Morgan fingerprint density at radius 2 is 0.517 bits per heavy atom. The van der Waals surface area contributed by atoms with Crippen LogP contribution >= 0.6 is 45.3 Å². The molecular weight excluding hydrogens is 1520 g/mol. The highest BCUT2D eigenvalue weighted by Gasteiger charge is 2.55. The highest BCUT2D eigenvalue weighted by Crippen LogP contribution is 2.70. The van der Waals surface area contributed by atoms with Crippen molar-refractivity contribution < 1.29 is 47.5 Å². The van der Waals surface area contributed by atoms with E-state index in [9.17, 15) is 9.59 Å². The van der Waals surface area contributed by atoms with Gasteiger partial charge in [0, 0.05) is 68.7 Å². The molecule has 0 bridgehead atoms. The van der Waals surface area contributed by atoms with Crippen LogP contribution in [-0.4, -0.2) is 75.4 Å². The summed E-state index contributed by atoms with van der Waals surface area (Å²) in [7, 11) is 0. The second-order valence-corrected chi connectivity index (χ2v) is 35.9. The number of carbonyl (C=O) groups is 2. The van der Waals surface area contributed by atoms with Crippen molar-refractivity contribution in [3.05, 3.63) is 176 Å². The zero-order chi connectivity index (χ0) is 80.9. The third kappa shape index (κ3) is 21.0. The Balaban J connectivity index is 1.24. The zero-order valence-corrected chi connectivity index (χ0v) is 73.9. The van der Waals surface area contributed by atoms with Gasteiger partial charge in [-0.05, 0) is 157 Å². The van der Waals surface area contributed by atoms with E-state index in [1.54, 1.807) is 12.4 Å². The zero-order valence-electron chi connectivity index (χ0n) is 70.6. The lowest BCUT2D eigenvalue weighted by Gasteiger charge is -2.35. The maximum Gasteiger partial charge on any atom is 0.161 e. The second-order valence-electron chi connectivity index (χ2n) is 31.7. The molecule has 0 aliphatic heterocycles. The summed E-state index contributed by atoms with van der Waals surface area (Å²) in [5.74, 6) is 5.97. The van der Waals surface area contributed by atoms with Crippen molar-refractivity contribution in [1.29, 1.82) is 0 Å². The van der Waals surface area contributed by atoms with E-state index < -0.39 is 10.8 Å². The van der Waals surface area contributed by atoms with E-state index >= 15 is 0 Å².